The first-order chi connectivity index (χ1) is 10.0. The molecule has 1 aliphatic rings. The molecule has 6 heteroatoms. The number of carbonyl (C=O) groups excluding carboxylic acids is 1. The number of rotatable bonds is 5. The number of halogens is 2. The molecule has 1 N–H and O–H groups in total. The molecule has 1 aliphatic heterocycles. The quantitative estimate of drug-likeness (QED) is 0.843. The van der Waals surface area contributed by atoms with Crippen LogP contribution in [-0.2, 0) is 9.53 Å². The summed E-state index contributed by atoms with van der Waals surface area (Å²) in [6, 6.07) is 6.98. The van der Waals surface area contributed by atoms with E-state index < -0.39 is 11.6 Å². The summed E-state index contributed by atoms with van der Waals surface area (Å²) in [4.78, 5) is 12.3. The predicted molar refractivity (Wildman–Crippen MR) is 83.2 cm³/mol. The molecule has 1 atom stereocenters. The van der Waals surface area contributed by atoms with Crippen molar-refractivity contribution in [3.63, 3.8) is 0 Å². The van der Waals surface area contributed by atoms with E-state index in [4.69, 9.17) is 32.7 Å². The Kier molecular flexibility index (Phi) is 5.73. The van der Waals surface area contributed by atoms with E-state index >= 15 is 0 Å². The fourth-order valence-corrected chi connectivity index (χ4v) is 2.73. The van der Waals surface area contributed by atoms with Crippen molar-refractivity contribution in [3.05, 3.63) is 29.3 Å². The van der Waals surface area contributed by atoms with Crippen molar-refractivity contribution in [2.24, 2.45) is 0 Å². The minimum Gasteiger partial charge on any atom is -0.481 e. The molecule has 0 bridgehead atoms. The number of nitrogens with one attached hydrogen (secondary N) is 1. The Morgan fingerprint density at radius 3 is 2.81 bits per heavy atom. The first-order valence-electron chi connectivity index (χ1n) is 6.93. The third-order valence-corrected chi connectivity index (χ3v) is 4.32. The third kappa shape index (κ3) is 4.50. The second-order valence-electron chi connectivity index (χ2n) is 5.23. The molecule has 0 aromatic heterocycles. The Hall–Kier alpha value is -0.970. The van der Waals surface area contributed by atoms with E-state index in [-0.39, 0.29) is 5.91 Å². The number of ether oxygens (including phenoxy) is 2. The van der Waals surface area contributed by atoms with E-state index in [2.05, 4.69) is 5.32 Å². The Morgan fingerprint density at radius 1 is 1.48 bits per heavy atom. The van der Waals surface area contributed by atoms with Gasteiger partial charge in [0.1, 0.15) is 5.75 Å². The SMILES string of the molecule is CC(Oc1cccc(Cl)c1)C(=O)NC1(CCl)CCOCC1. The van der Waals surface area contributed by atoms with Gasteiger partial charge in [0.2, 0.25) is 0 Å². The van der Waals surface area contributed by atoms with Gasteiger partial charge < -0.3 is 14.8 Å². The van der Waals surface area contributed by atoms with Crippen LogP contribution < -0.4 is 10.1 Å². The van der Waals surface area contributed by atoms with E-state index in [0.717, 1.165) is 0 Å². The zero-order valence-electron chi connectivity index (χ0n) is 11.9. The summed E-state index contributed by atoms with van der Waals surface area (Å²) >= 11 is 11.9. The largest absolute Gasteiger partial charge is 0.481 e. The predicted octanol–water partition coefficient (Wildman–Crippen LogP) is 3.01. The molecule has 0 radical (unpaired) electrons. The third-order valence-electron chi connectivity index (χ3n) is 3.57. The van der Waals surface area contributed by atoms with E-state index in [9.17, 15) is 4.79 Å². The molecule has 1 unspecified atom stereocenters. The van der Waals surface area contributed by atoms with E-state index in [0.29, 0.717) is 42.7 Å². The lowest BCUT2D eigenvalue weighted by Gasteiger charge is -2.37. The van der Waals surface area contributed by atoms with Crippen LogP contribution in [0.2, 0.25) is 5.02 Å². The second-order valence-corrected chi connectivity index (χ2v) is 5.94. The maximum Gasteiger partial charge on any atom is 0.261 e. The minimum absolute atomic E-state index is 0.183. The monoisotopic (exact) mass is 331 g/mol. The molecule has 1 amide bonds. The normalized spacial score (nSPS) is 18.8. The summed E-state index contributed by atoms with van der Waals surface area (Å²) < 4.78 is 10.9. The van der Waals surface area contributed by atoms with Crippen molar-refractivity contribution in [1.82, 2.24) is 5.32 Å². The highest BCUT2D eigenvalue weighted by atomic mass is 35.5. The highest BCUT2D eigenvalue weighted by Gasteiger charge is 2.34. The molecule has 1 aromatic carbocycles. The molecular formula is C15H19Cl2NO3. The van der Waals surface area contributed by atoms with Gasteiger partial charge in [-0.1, -0.05) is 17.7 Å². The van der Waals surface area contributed by atoms with Gasteiger partial charge in [-0.15, -0.1) is 11.6 Å². The molecule has 21 heavy (non-hydrogen) atoms. The summed E-state index contributed by atoms with van der Waals surface area (Å²) in [6.07, 6.45) is 0.810. The van der Waals surface area contributed by atoms with Crippen LogP contribution in [0, 0.1) is 0 Å². The zero-order valence-corrected chi connectivity index (χ0v) is 13.4. The molecule has 1 fully saturated rings. The number of hydrogen-bond donors (Lipinski definition) is 1. The Labute approximate surface area is 134 Å². The first-order valence-corrected chi connectivity index (χ1v) is 7.84. The van der Waals surface area contributed by atoms with Crippen molar-refractivity contribution >= 4 is 29.1 Å². The van der Waals surface area contributed by atoms with Crippen molar-refractivity contribution in [2.45, 2.75) is 31.4 Å². The summed E-state index contributed by atoms with van der Waals surface area (Å²) in [5, 5.41) is 3.58. The van der Waals surface area contributed by atoms with Crippen LogP contribution in [0.1, 0.15) is 19.8 Å². The highest BCUT2D eigenvalue weighted by Crippen LogP contribution is 2.23. The summed E-state index contributed by atoms with van der Waals surface area (Å²) in [7, 11) is 0. The topological polar surface area (TPSA) is 47.6 Å². The van der Waals surface area contributed by atoms with Crippen LogP contribution in [0.15, 0.2) is 24.3 Å². The number of amides is 1. The van der Waals surface area contributed by atoms with Gasteiger partial charge in [0.25, 0.3) is 5.91 Å². The van der Waals surface area contributed by atoms with Gasteiger partial charge in [0, 0.05) is 24.1 Å². The molecule has 2 rings (SSSR count). The van der Waals surface area contributed by atoms with E-state index in [1.807, 2.05) is 0 Å². The highest BCUT2D eigenvalue weighted by molar-refractivity contribution is 6.30. The van der Waals surface area contributed by atoms with E-state index in [1.165, 1.54) is 0 Å². The molecule has 1 saturated heterocycles. The molecule has 0 aliphatic carbocycles. The standard InChI is InChI=1S/C15H19Cl2NO3/c1-11(21-13-4-2-3-12(17)9-13)14(19)18-15(10-16)5-7-20-8-6-15/h2-4,9,11H,5-8,10H2,1H3,(H,18,19). The zero-order chi connectivity index (χ0) is 15.3. The van der Waals surface area contributed by atoms with E-state index in [1.54, 1.807) is 31.2 Å². The fourth-order valence-electron chi connectivity index (χ4n) is 2.22. The maximum absolute atomic E-state index is 12.3. The molecule has 1 heterocycles. The van der Waals surface area contributed by atoms with Crippen LogP contribution in [-0.4, -0.2) is 36.6 Å². The van der Waals surface area contributed by atoms with Crippen LogP contribution in [0.3, 0.4) is 0 Å². The Balaban J connectivity index is 1.95. The van der Waals surface area contributed by atoms with Gasteiger partial charge in [0.15, 0.2) is 6.10 Å². The van der Waals surface area contributed by atoms with Crippen molar-refractivity contribution in [2.75, 3.05) is 19.1 Å². The molecular weight excluding hydrogens is 313 g/mol. The summed E-state index contributed by atoms with van der Waals surface area (Å²) in [5.41, 5.74) is -0.400. The van der Waals surface area contributed by atoms with Gasteiger partial charge in [-0.25, -0.2) is 0 Å². The lowest BCUT2D eigenvalue weighted by Crippen LogP contribution is -2.56. The Morgan fingerprint density at radius 2 is 2.19 bits per heavy atom. The molecule has 0 saturated carbocycles. The van der Waals surface area contributed by atoms with Gasteiger partial charge in [0.05, 0.1) is 5.54 Å². The number of alkyl halides is 1. The minimum atomic E-state index is -0.619. The van der Waals surface area contributed by atoms with Gasteiger partial charge >= 0.3 is 0 Å². The van der Waals surface area contributed by atoms with Crippen molar-refractivity contribution < 1.29 is 14.3 Å². The molecule has 116 valence electrons. The second kappa shape index (κ2) is 7.34. The van der Waals surface area contributed by atoms with Gasteiger partial charge in [-0.05, 0) is 38.0 Å². The maximum atomic E-state index is 12.3. The Bertz CT molecular complexity index is 490. The summed E-state index contributed by atoms with van der Waals surface area (Å²) in [5.74, 6) is 0.751. The molecule has 0 spiro atoms. The van der Waals surface area contributed by atoms with Crippen LogP contribution in [0.5, 0.6) is 5.75 Å². The van der Waals surface area contributed by atoms with Crippen molar-refractivity contribution in [1.29, 1.82) is 0 Å². The number of hydrogen-bond acceptors (Lipinski definition) is 3. The fraction of sp³-hybridized carbons (Fsp3) is 0.533. The van der Waals surface area contributed by atoms with Crippen molar-refractivity contribution in [3.8, 4) is 5.75 Å². The van der Waals surface area contributed by atoms with Crippen LogP contribution >= 0.6 is 23.2 Å². The average Bonchev–Trinajstić information content (AvgIpc) is 2.48. The molecule has 4 nitrogen and oxygen atoms in total. The summed E-state index contributed by atoms with van der Waals surface area (Å²) in [6.45, 7) is 2.92. The van der Waals surface area contributed by atoms with Gasteiger partial charge in [-0.2, -0.15) is 0 Å². The average molecular weight is 332 g/mol. The van der Waals surface area contributed by atoms with Crippen LogP contribution in [0.25, 0.3) is 0 Å². The number of benzene rings is 1. The number of carbonyl (C=O) groups is 1. The lowest BCUT2D eigenvalue weighted by atomic mass is 9.92. The van der Waals surface area contributed by atoms with Gasteiger partial charge in [-0.3, -0.25) is 4.79 Å². The smallest absolute Gasteiger partial charge is 0.261 e. The lowest BCUT2D eigenvalue weighted by molar-refractivity contribution is -0.130. The molecule has 1 aromatic rings. The first kappa shape index (κ1) is 16.4. The van der Waals surface area contributed by atoms with Crippen LogP contribution in [0.4, 0.5) is 0 Å².